The van der Waals surface area contributed by atoms with E-state index in [1.54, 1.807) is 5.41 Å². The van der Waals surface area contributed by atoms with E-state index < -0.39 is 6.03 Å². The Morgan fingerprint density at radius 3 is 2.76 bits per heavy atom. The first-order valence-electron chi connectivity index (χ1n) is 6.38. The van der Waals surface area contributed by atoms with Crippen molar-refractivity contribution in [1.29, 1.82) is 0 Å². The van der Waals surface area contributed by atoms with E-state index in [0.29, 0.717) is 6.61 Å². The van der Waals surface area contributed by atoms with Gasteiger partial charge in [-0.3, -0.25) is 4.72 Å². The predicted molar refractivity (Wildman–Crippen MR) is 86.6 cm³/mol. The van der Waals surface area contributed by atoms with E-state index in [0.717, 1.165) is 28.8 Å². The largest absolute Gasteiger partial charge is 0.489 e. The molecular weight excluding hydrogens is 284 g/mol. The number of hydrogen-bond donors (Lipinski definition) is 2. The molecule has 2 rings (SSSR count). The first-order valence-corrected chi connectivity index (χ1v) is 7.26. The fourth-order valence-corrected chi connectivity index (χ4v) is 2.06. The van der Waals surface area contributed by atoms with E-state index >= 15 is 0 Å². The Bertz CT molecular complexity index is 615. The molecule has 0 fully saturated rings. The number of urea groups is 1. The number of rotatable bonds is 6. The average Bonchev–Trinajstić information content (AvgIpc) is 2.51. The second-order valence-corrected chi connectivity index (χ2v) is 4.95. The minimum atomic E-state index is -0.565. The molecule has 21 heavy (non-hydrogen) atoms. The summed E-state index contributed by atoms with van der Waals surface area (Å²) in [4.78, 5) is 10.5. The van der Waals surface area contributed by atoms with Gasteiger partial charge < -0.3 is 10.5 Å². The quantitative estimate of drug-likeness (QED) is 0.802. The van der Waals surface area contributed by atoms with Crippen LogP contribution in [-0.4, -0.2) is 6.03 Å². The normalized spacial score (nSPS) is 10.5. The van der Waals surface area contributed by atoms with Crippen LogP contribution in [0.3, 0.4) is 0 Å². The third kappa shape index (κ3) is 5.62. The highest BCUT2D eigenvalue weighted by atomic mass is 32.2. The summed E-state index contributed by atoms with van der Waals surface area (Å²) in [6.07, 6.45) is 1.87. The molecule has 0 unspecified atom stereocenters. The molecule has 0 heterocycles. The zero-order chi connectivity index (χ0) is 14.9. The summed E-state index contributed by atoms with van der Waals surface area (Å²) >= 11 is 1.13. The number of hydrogen-bond acceptors (Lipinski definition) is 3. The molecule has 0 aliphatic rings. The fourth-order valence-electron chi connectivity index (χ4n) is 1.65. The van der Waals surface area contributed by atoms with Gasteiger partial charge in [-0.1, -0.05) is 42.5 Å². The Kier molecular flexibility index (Phi) is 5.72. The molecule has 0 spiro atoms. The Balaban J connectivity index is 1.90. The molecule has 5 heteroatoms. The van der Waals surface area contributed by atoms with Gasteiger partial charge in [0, 0.05) is 0 Å². The molecule has 4 nitrogen and oxygen atoms in total. The molecule has 0 aliphatic carbocycles. The smallest absolute Gasteiger partial charge is 0.322 e. The first kappa shape index (κ1) is 15.0. The van der Waals surface area contributed by atoms with Gasteiger partial charge in [0.05, 0.1) is 0 Å². The lowest BCUT2D eigenvalue weighted by Gasteiger charge is -2.06. The van der Waals surface area contributed by atoms with Crippen molar-refractivity contribution < 1.29 is 9.53 Å². The number of carbonyl (C=O) groups is 1. The number of amides is 2. The van der Waals surface area contributed by atoms with Crippen molar-refractivity contribution in [2.24, 2.45) is 5.73 Å². The van der Waals surface area contributed by atoms with Gasteiger partial charge in [0.2, 0.25) is 0 Å². The maximum atomic E-state index is 10.5. The highest BCUT2D eigenvalue weighted by Gasteiger charge is 1.96. The van der Waals surface area contributed by atoms with Crippen LogP contribution in [-0.2, 0) is 6.61 Å². The molecule has 3 N–H and O–H groups in total. The molecular formula is C16H16N2O2S. The van der Waals surface area contributed by atoms with E-state index in [1.807, 2.05) is 60.7 Å². The lowest BCUT2D eigenvalue weighted by Crippen LogP contribution is -2.22. The van der Waals surface area contributed by atoms with Crippen LogP contribution in [0.25, 0.3) is 6.08 Å². The van der Waals surface area contributed by atoms with E-state index in [1.165, 1.54) is 0 Å². The Labute approximate surface area is 128 Å². The van der Waals surface area contributed by atoms with Crippen LogP contribution in [0, 0.1) is 0 Å². The molecule has 0 saturated heterocycles. The SMILES string of the molecule is NC(=O)NSC=Cc1cccc(OCc2ccccc2)c1. The van der Waals surface area contributed by atoms with E-state index in [9.17, 15) is 4.79 Å². The summed E-state index contributed by atoms with van der Waals surface area (Å²) in [7, 11) is 0. The van der Waals surface area contributed by atoms with Gasteiger partial charge in [0.1, 0.15) is 12.4 Å². The minimum absolute atomic E-state index is 0.534. The van der Waals surface area contributed by atoms with Crippen LogP contribution in [0.15, 0.2) is 60.0 Å². The number of carbonyl (C=O) groups excluding carboxylic acids is 1. The van der Waals surface area contributed by atoms with Gasteiger partial charge in [-0.15, -0.1) is 0 Å². The van der Waals surface area contributed by atoms with Crippen molar-refractivity contribution in [3.05, 3.63) is 71.1 Å². The van der Waals surface area contributed by atoms with E-state index in [4.69, 9.17) is 10.5 Å². The minimum Gasteiger partial charge on any atom is -0.489 e. The van der Waals surface area contributed by atoms with Gasteiger partial charge >= 0.3 is 6.03 Å². The van der Waals surface area contributed by atoms with Crippen LogP contribution < -0.4 is 15.2 Å². The summed E-state index contributed by atoms with van der Waals surface area (Å²) in [6.45, 7) is 0.534. The predicted octanol–water partition coefficient (Wildman–Crippen LogP) is 3.55. The topological polar surface area (TPSA) is 64.4 Å². The zero-order valence-corrected chi connectivity index (χ0v) is 12.2. The van der Waals surface area contributed by atoms with Gasteiger partial charge in [0.25, 0.3) is 0 Å². The molecule has 2 aromatic carbocycles. The molecule has 0 saturated carbocycles. The van der Waals surface area contributed by atoms with Crippen LogP contribution >= 0.6 is 11.9 Å². The Hall–Kier alpha value is -2.40. The summed E-state index contributed by atoms with van der Waals surface area (Å²) in [5, 5.41) is 1.75. The molecule has 2 amide bonds. The van der Waals surface area contributed by atoms with Crippen LogP contribution in [0.1, 0.15) is 11.1 Å². The average molecular weight is 300 g/mol. The number of nitrogens with two attached hydrogens (primary N) is 1. The van der Waals surface area contributed by atoms with Crippen molar-refractivity contribution in [2.45, 2.75) is 6.61 Å². The maximum absolute atomic E-state index is 10.5. The van der Waals surface area contributed by atoms with Gasteiger partial charge in [-0.2, -0.15) is 0 Å². The third-order valence-electron chi connectivity index (χ3n) is 2.59. The van der Waals surface area contributed by atoms with Gasteiger partial charge in [-0.25, -0.2) is 4.79 Å². The van der Waals surface area contributed by atoms with Gasteiger partial charge in [-0.05, 0) is 46.7 Å². The molecule has 0 bridgehead atoms. The third-order valence-corrected chi connectivity index (χ3v) is 3.19. The van der Waals surface area contributed by atoms with E-state index in [2.05, 4.69) is 4.72 Å². The zero-order valence-electron chi connectivity index (χ0n) is 11.4. The summed E-state index contributed by atoms with van der Waals surface area (Å²) in [5.74, 6) is 0.800. The number of nitrogens with one attached hydrogen (secondary N) is 1. The molecule has 108 valence electrons. The van der Waals surface area contributed by atoms with Crippen LogP contribution in [0.5, 0.6) is 5.75 Å². The van der Waals surface area contributed by atoms with Crippen molar-refractivity contribution in [2.75, 3.05) is 0 Å². The molecule has 0 atom stereocenters. The van der Waals surface area contributed by atoms with Gasteiger partial charge in [0.15, 0.2) is 0 Å². The molecule has 2 aromatic rings. The monoisotopic (exact) mass is 300 g/mol. The summed E-state index contributed by atoms with van der Waals surface area (Å²) in [5.41, 5.74) is 7.08. The van der Waals surface area contributed by atoms with Crippen LogP contribution in [0.2, 0.25) is 0 Å². The Morgan fingerprint density at radius 2 is 2.00 bits per heavy atom. The van der Waals surface area contributed by atoms with Crippen LogP contribution in [0.4, 0.5) is 4.79 Å². The Morgan fingerprint density at radius 1 is 1.19 bits per heavy atom. The highest BCUT2D eigenvalue weighted by Crippen LogP contribution is 2.17. The lowest BCUT2D eigenvalue weighted by atomic mass is 10.2. The number of ether oxygens (including phenoxy) is 1. The maximum Gasteiger partial charge on any atom is 0.322 e. The van der Waals surface area contributed by atoms with Crippen molar-refractivity contribution >= 4 is 24.1 Å². The second kappa shape index (κ2) is 8.01. The van der Waals surface area contributed by atoms with Crippen molar-refractivity contribution in [3.63, 3.8) is 0 Å². The standard InChI is InChI=1S/C16H16N2O2S/c17-16(19)18-21-10-9-13-7-4-8-15(11-13)20-12-14-5-2-1-3-6-14/h1-11H,12H2,(H3,17,18,19). The fraction of sp³-hybridized carbons (Fsp3) is 0.0625. The molecule has 0 aromatic heterocycles. The number of benzene rings is 2. The summed E-state index contributed by atoms with van der Waals surface area (Å²) < 4.78 is 8.16. The highest BCUT2D eigenvalue weighted by molar-refractivity contribution is 8.00. The van der Waals surface area contributed by atoms with Crippen molar-refractivity contribution in [1.82, 2.24) is 4.72 Å². The van der Waals surface area contributed by atoms with E-state index in [-0.39, 0.29) is 0 Å². The number of primary amides is 1. The molecule has 0 radical (unpaired) electrons. The second-order valence-electron chi connectivity index (χ2n) is 4.23. The van der Waals surface area contributed by atoms with Crippen molar-refractivity contribution in [3.8, 4) is 5.75 Å². The molecule has 0 aliphatic heterocycles. The first-order chi connectivity index (χ1) is 10.2. The lowest BCUT2D eigenvalue weighted by molar-refractivity contribution is 0.254. The summed E-state index contributed by atoms with van der Waals surface area (Å²) in [6, 6.07) is 17.2.